The number of sulfonamides is 1. The predicted octanol–water partition coefficient (Wildman–Crippen LogP) is 1.95. The summed E-state index contributed by atoms with van der Waals surface area (Å²) in [7, 11) is -3.39. The Morgan fingerprint density at radius 2 is 1.84 bits per heavy atom. The van der Waals surface area contributed by atoms with Crippen LogP contribution >= 0.6 is 0 Å². The van der Waals surface area contributed by atoms with Crippen LogP contribution in [0.1, 0.15) is 32.3 Å². The highest BCUT2D eigenvalue weighted by Gasteiger charge is 2.33. The molecule has 1 saturated carbocycles. The molecule has 0 heterocycles. The second-order valence-electron chi connectivity index (χ2n) is 5.46. The number of hydrogen-bond donors (Lipinski definition) is 1. The molecule has 4 nitrogen and oxygen atoms in total. The van der Waals surface area contributed by atoms with Crippen molar-refractivity contribution in [2.24, 2.45) is 11.7 Å². The standard InChI is InChI=1S/C14H22N2O2S/c1-11(2)16(10-13-3-4-13)19(17,18)14-7-5-12(9-15)6-8-14/h5-8,11,13H,3-4,9-10,15H2,1-2H3. The van der Waals surface area contributed by atoms with E-state index in [0.29, 0.717) is 23.9 Å². The van der Waals surface area contributed by atoms with E-state index in [0.717, 1.165) is 18.4 Å². The van der Waals surface area contributed by atoms with Crippen LogP contribution in [0.15, 0.2) is 29.2 Å². The van der Waals surface area contributed by atoms with E-state index in [-0.39, 0.29) is 6.04 Å². The molecule has 2 rings (SSSR count). The van der Waals surface area contributed by atoms with Crippen LogP contribution in [0.25, 0.3) is 0 Å². The van der Waals surface area contributed by atoms with Crippen molar-refractivity contribution < 1.29 is 8.42 Å². The molecule has 1 aromatic rings. The van der Waals surface area contributed by atoms with Gasteiger partial charge in [0, 0.05) is 19.1 Å². The molecule has 0 radical (unpaired) electrons. The van der Waals surface area contributed by atoms with Crippen LogP contribution in [0.4, 0.5) is 0 Å². The van der Waals surface area contributed by atoms with Crippen LogP contribution in [0.2, 0.25) is 0 Å². The first-order valence-corrected chi connectivity index (χ1v) is 8.20. The predicted molar refractivity (Wildman–Crippen MR) is 76.1 cm³/mol. The summed E-state index contributed by atoms with van der Waals surface area (Å²) in [5.41, 5.74) is 6.47. The van der Waals surface area contributed by atoms with Gasteiger partial charge in [-0.25, -0.2) is 8.42 Å². The van der Waals surface area contributed by atoms with E-state index in [1.165, 1.54) is 0 Å². The zero-order valence-corrected chi connectivity index (χ0v) is 12.4. The molecule has 0 saturated heterocycles. The van der Waals surface area contributed by atoms with Gasteiger partial charge in [0.1, 0.15) is 0 Å². The van der Waals surface area contributed by atoms with E-state index in [9.17, 15) is 8.42 Å². The lowest BCUT2D eigenvalue weighted by Gasteiger charge is -2.26. The molecule has 106 valence electrons. The highest BCUT2D eigenvalue weighted by molar-refractivity contribution is 7.89. The van der Waals surface area contributed by atoms with Gasteiger partial charge in [-0.2, -0.15) is 4.31 Å². The van der Waals surface area contributed by atoms with Crippen LogP contribution in [0.5, 0.6) is 0 Å². The Morgan fingerprint density at radius 1 is 1.26 bits per heavy atom. The third kappa shape index (κ3) is 3.35. The van der Waals surface area contributed by atoms with Gasteiger partial charge in [-0.1, -0.05) is 12.1 Å². The van der Waals surface area contributed by atoms with Gasteiger partial charge in [0.2, 0.25) is 10.0 Å². The minimum absolute atomic E-state index is 0.0141. The van der Waals surface area contributed by atoms with Gasteiger partial charge in [0.15, 0.2) is 0 Å². The van der Waals surface area contributed by atoms with E-state index in [1.54, 1.807) is 28.6 Å². The largest absolute Gasteiger partial charge is 0.326 e. The molecule has 2 N–H and O–H groups in total. The quantitative estimate of drug-likeness (QED) is 0.867. The Balaban J connectivity index is 2.26. The lowest BCUT2D eigenvalue weighted by atomic mass is 10.2. The summed E-state index contributed by atoms with van der Waals surface area (Å²) in [6.45, 7) is 4.91. The molecule has 0 amide bonds. The number of benzene rings is 1. The SMILES string of the molecule is CC(C)N(CC1CC1)S(=O)(=O)c1ccc(CN)cc1. The maximum atomic E-state index is 12.6. The van der Waals surface area contributed by atoms with E-state index in [2.05, 4.69) is 0 Å². The number of rotatable bonds is 6. The van der Waals surface area contributed by atoms with Crippen molar-refractivity contribution in [2.75, 3.05) is 6.54 Å². The van der Waals surface area contributed by atoms with Crippen LogP contribution in [-0.4, -0.2) is 25.3 Å². The maximum absolute atomic E-state index is 12.6. The van der Waals surface area contributed by atoms with Crippen LogP contribution in [0.3, 0.4) is 0 Å². The van der Waals surface area contributed by atoms with Crippen molar-refractivity contribution in [1.29, 1.82) is 0 Å². The van der Waals surface area contributed by atoms with Crippen molar-refractivity contribution in [3.05, 3.63) is 29.8 Å². The minimum atomic E-state index is -3.39. The molecule has 1 aromatic carbocycles. The van der Waals surface area contributed by atoms with Gasteiger partial charge in [-0.05, 0) is 50.3 Å². The Kier molecular flexibility index (Phi) is 4.28. The third-order valence-electron chi connectivity index (χ3n) is 3.48. The monoisotopic (exact) mass is 282 g/mol. The van der Waals surface area contributed by atoms with Crippen LogP contribution < -0.4 is 5.73 Å². The van der Waals surface area contributed by atoms with Crippen molar-refractivity contribution in [3.8, 4) is 0 Å². The molecule has 1 aliphatic rings. The molecular formula is C14H22N2O2S. The highest BCUT2D eigenvalue weighted by Crippen LogP contribution is 2.32. The topological polar surface area (TPSA) is 63.4 Å². The van der Waals surface area contributed by atoms with E-state index >= 15 is 0 Å². The van der Waals surface area contributed by atoms with Crippen molar-refractivity contribution in [3.63, 3.8) is 0 Å². The van der Waals surface area contributed by atoms with Crippen LogP contribution in [-0.2, 0) is 16.6 Å². The Bertz CT molecular complexity index is 519. The molecule has 0 bridgehead atoms. The molecule has 0 aromatic heterocycles. The molecule has 5 heteroatoms. The summed E-state index contributed by atoms with van der Waals surface area (Å²) in [6.07, 6.45) is 2.29. The smallest absolute Gasteiger partial charge is 0.243 e. The second kappa shape index (κ2) is 5.61. The summed E-state index contributed by atoms with van der Waals surface area (Å²) in [5.74, 6) is 0.542. The lowest BCUT2D eigenvalue weighted by molar-refractivity contribution is 0.341. The molecule has 0 unspecified atom stereocenters. The fraction of sp³-hybridized carbons (Fsp3) is 0.571. The summed E-state index contributed by atoms with van der Waals surface area (Å²) in [6, 6.07) is 6.85. The second-order valence-corrected chi connectivity index (χ2v) is 7.35. The van der Waals surface area contributed by atoms with E-state index in [4.69, 9.17) is 5.73 Å². The fourth-order valence-electron chi connectivity index (χ4n) is 2.07. The number of nitrogens with zero attached hydrogens (tertiary/aromatic N) is 1. The zero-order chi connectivity index (χ0) is 14.0. The highest BCUT2D eigenvalue weighted by atomic mass is 32.2. The average Bonchev–Trinajstić information content (AvgIpc) is 3.19. The normalized spacial score (nSPS) is 16.3. The Morgan fingerprint density at radius 3 is 2.26 bits per heavy atom. The summed E-state index contributed by atoms with van der Waals surface area (Å²) >= 11 is 0. The molecule has 19 heavy (non-hydrogen) atoms. The zero-order valence-electron chi connectivity index (χ0n) is 11.5. The lowest BCUT2D eigenvalue weighted by Crippen LogP contribution is -2.38. The first-order valence-electron chi connectivity index (χ1n) is 6.76. The molecule has 1 aliphatic carbocycles. The molecular weight excluding hydrogens is 260 g/mol. The first-order chi connectivity index (χ1) is 8.95. The van der Waals surface area contributed by atoms with Gasteiger partial charge in [-0.15, -0.1) is 0 Å². The molecule has 0 aliphatic heterocycles. The first kappa shape index (κ1) is 14.5. The van der Waals surface area contributed by atoms with E-state index in [1.807, 2.05) is 13.8 Å². The Hall–Kier alpha value is -0.910. The molecule has 0 spiro atoms. The van der Waals surface area contributed by atoms with Crippen molar-refractivity contribution >= 4 is 10.0 Å². The van der Waals surface area contributed by atoms with E-state index < -0.39 is 10.0 Å². The maximum Gasteiger partial charge on any atom is 0.243 e. The van der Waals surface area contributed by atoms with Gasteiger partial charge in [0.25, 0.3) is 0 Å². The fourth-order valence-corrected chi connectivity index (χ4v) is 3.79. The van der Waals surface area contributed by atoms with Gasteiger partial charge >= 0.3 is 0 Å². The van der Waals surface area contributed by atoms with Gasteiger partial charge < -0.3 is 5.73 Å². The number of hydrogen-bond acceptors (Lipinski definition) is 3. The van der Waals surface area contributed by atoms with Crippen LogP contribution in [0, 0.1) is 5.92 Å². The summed E-state index contributed by atoms with van der Waals surface area (Å²) in [4.78, 5) is 0.360. The van der Waals surface area contributed by atoms with Crippen molar-refractivity contribution in [1.82, 2.24) is 4.31 Å². The van der Waals surface area contributed by atoms with Gasteiger partial charge in [-0.3, -0.25) is 0 Å². The Labute approximate surface area is 115 Å². The summed E-state index contributed by atoms with van der Waals surface area (Å²) in [5, 5.41) is 0. The average molecular weight is 282 g/mol. The van der Waals surface area contributed by atoms with Gasteiger partial charge in [0.05, 0.1) is 4.90 Å². The summed E-state index contributed by atoms with van der Waals surface area (Å²) < 4.78 is 26.9. The van der Waals surface area contributed by atoms with Crippen molar-refractivity contribution in [2.45, 2.75) is 44.2 Å². The molecule has 1 fully saturated rings. The minimum Gasteiger partial charge on any atom is -0.326 e. The molecule has 0 atom stereocenters. The third-order valence-corrected chi connectivity index (χ3v) is 5.53. The number of nitrogens with two attached hydrogens (primary N) is 1.